The Labute approximate surface area is 427 Å². The molecule has 11 rings (SSSR count). The Balaban J connectivity index is 1.11. The molecule has 13 nitrogen and oxygen atoms in total. The third-order valence-electron chi connectivity index (χ3n) is 18.2. The Hall–Kier alpha value is -6.54. The number of aromatic nitrogens is 1. The van der Waals surface area contributed by atoms with Gasteiger partial charge in [-0.3, -0.25) is 19.3 Å². The predicted molar refractivity (Wildman–Crippen MR) is 280 cm³/mol. The summed E-state index contributed by atoms with van der Waals surface area (Å²) in [6.07, 6.45) is 11.5. The highest BCUT2D eigenvalue weighted by atomic mass is 16.6. The van der Waals surface area contributed by atoms with Gasteiger partial charge in [-0.15, -0.1) is 0 Å². The lowest BCUT2D eigenvalue weighted by Crippen LogP contribution is -2.81. The van der Waals surface area contributed by atoms with E-state index in [1.54, 1.807) is 13.2 Å². The van der Waals surface area contributed by atoms with Crippen molar-refractivity contribution >= 4 is 57.1 Å². The van der Waals surface area contributed by atoms with Crippen molar-refractivity contribution in [3.05, 3.63) is 137 Å². The van der Waals surface area contributed by atoms with Gasteiger partial charge in [0.05, 0.1) is 40.5 Å². The monoisotopic (exact) mass is 987 g/mol. The van der Waals surface area contributed by atoms with E-state index in [0.717, 1.165) is 56.2 Å². The number of benzene rings is 4. The van der Waals surface area contributed by atoms with Crippen molar-refractivity contribution in [2.24, 2.45) is 11.3 Å². The fourth-order valence-electron chi connectivity index (χ4n) is 15.5. The normalized spacial score (nSPS) is 31.1. The molecule has 0 unspecified atom stereocenters. The van der Waals surface area contributed by atoms with Gasteiger partial charge in [0.25, 0.3) is 0 Å². The van der Waals surface area contributed by atoms with Gasteiger partial charge in [0, 0.05) is 83.6 Å². The molecule has 1 aliphatic carbocycles. The van der Waals surface area contributed by atoms with Gasteiger partial charge in [-0.1, -0.05) is 92.7 Å². The minimum Gasteiger partial charge on any atom is -0.496 e. The number of anilines is 1. The summed E-state index contributed by atoms with van der Waals surface area (Å²) in [4.78, 5) is 66.2. The number of ether oxygens (including phenoxy) is 4. The molecule has 6 heterocycles. The van der Waals surface area contributed by atoms with Gasteiger partial charge in [0.1, 0.15) is 24.3 Å². The molecule has 0 amide bonds. The predicted octanol–water partition coefficient (Wildman–Crippen LogP) is 7.75. The van der Waals surface area contributed by atoms with Crippen LogP contribution in [0.5, 0.6) is 5.75 Å². The number of esters is 3. The van der Waals surface area contributed by atoms with E-state index in [9.17, 15) is 19.5 Å². The van der Waals surface area contributed by atoms with Crippen molar-refractivity contribution in [2.75, 3.05) is 72.5 Å². The Morgan fingerprint density at radius 2 is 1.68 bits per heavy atom. The molecular weight excluding hydrogens is 921 g/mol. The number of fused-ring (bicyclic) bond motifs is 7. The lowest BCUT2D eigenvalue weighted by molar-refractivity contribution is -0.920. The molecule has 380 valence electrons. The number of carbonyl (C=O) groups is 4. The summed E-state index contributed by atoms with van der Waals surface area (Å²) in [5, 5.41) is 16.8. The minimum atomic E-state index is -2.33. The summed E-state index contributed by atoms with van der Waals surface area (Å²) in [5.41, 5.74) is 1.20. The van der Waals surface area contributed by atoms with E-state index in [2.05, 4.69) is 71.4 Å². The van der Waals surface area contributed by atoms with Gasteiger partial charge in [-0.2, -0.15) is 0 Å². The Morgan fingerprint density at radius 1 is 0.918 bits per heavy atom. The number of H-pyrrole nitrogens is 1. The number of hydrogen-bond acceptors (Lipinski definition) is 11. The topological polar surface area (TPSA) is 148 Å². The molecule has 5 aromatic rings. The van der Waals surface area contributed by atoms with Gasteiger partial charge in [-0.25, -0.2) is 4.79 Å². The van der Waals surface area contributed by atoms with E-state index >= 15 is 4.79 Å². The molecule has 1 spiro atoms. The molecule has 9 atom stereocenters. The van der Waals surface area contributed by atoms with E-state index in [4.69, 9.17) is 18.9 Å². The van der Waals surface area contributed by atoms with Crippen LogP contribution in [0.3, 0.4) is 0 Å². The molecule has 1 saturated heterocycles. The quantitative estimate of drug-likeness (QED) is 0.0441. The number of aliphatic hydroxyl groups is 1. The summed E-state index contributed by atoms with van der Waals surface area (Å²) in [7, 11) is 6.19. The van der Waals surface area contributed by atoms with Crippen LogP contribution in [0.2, 0.25) is 0 Å². The number of nitrogens with one attached hydrogen (secondary N) is 1. The molecule has 4 aromatic carbocycles. The first-order valence-electron chi connectivity index (χ1n) is 25.9. The van der Waals surface area contributed by atoms with Crippen LogP contribution < -0.4 is 9.64 Å². The molecule has 2 fully saturated rings. The maximum atomic E-state index is 15.8. The van der Waals surface area contributed by atoms with E-state index in [0.29, 0.717) is 80.7 Å². The molecule has 2 bridgehead atoms. The van der Waals surface area contributed by atoms with Crippen LogP contribution in [0.25, 0.3) is 27.8 Å². The highest BCUT2D eigenvalue weighted by Crippen LogP contribution is 2.68. The van der Waals surface area contributed by atoms with Crippen LogP contribution in [0, 0.1) is 11.3 Å². The summed E-state index contributed by atoms with van der Waals surface area (Å²) < 4.78 is 24.9. The average Bonchev–Trinajstić information content (AvgIpc) is 4.06. The molecule has 6 aliphatic rings. The molecule has 13 heteroatoms. The standard InChI is InChI=1S/C60H67N4O9/c1-8-38-29-40-33-59(55(67)71-6,51-45(44-17-12-13-18-48(44)61-51)23-28-64(34-38,35-40)36-43(66)22-20-39-19-21-41-15-10-11-16-42(41)30-39)47-31-46-49(32-50(47)70-5)62(4)53-58(46)25-27-63-26-14-24-57(9-2,52(58)63)54(73-37(3)65)60(53,69)56(68)72-7/h10-22,24,29-32,40,52-54,61,69H,8-9,23,25-28,33-36H2,1-7H3/q+1/b22-20+/t40-,52+,53-,54-,57-,58-,59+,60+,64-/m1/s1. The second-order valence-electron chi connectivity index (χ2n) is 21.7. The van der Waals surface area contributed by atoms with Crippen molar-refractivity contribution in [3.8, 4) is 5.75 Å². The zero-order valence-electron chi connectivity index (χ0n) is 43.0. The maximum absolute atomic E-state index is 15.8. The number of carbonyl (C=O) groups excluding carboxylic acids is 4. The SMILES string of the molecule is CCC1=C[C@@H]2C[C@](C(=O)OC)(c3cc4c(cc3OC)N(C)[C@H]3[C@@](O)(C(=O)OC)[C@H](OC(C)=O)[C@]5(CC)C=CCN6CC[C@]43[C@@H]65)c3[nH]c4ccccc4c3CC[N@@+](CC(=O)/C=C/c3ccc4ccccc4c3)(C1)C2. The van der Waals surface area contributed by atoms with E-state index < -0.39 is 51.9 Å². The maximum Gasteiger partial charge on any atom is 0.344 e. The lowest BCUT2D eigenvalue weighted by atomic mass is 9.47. The Kier molecular flexibility index (Phi) is 11.9. The van der Waals surface area contributed by atoms with E-state index in [-0.39, 0.29) is 17.7 Å². The zero-order chi connectivity index (χ0) is 51.2. The van der Waals surface area contributed by atoms with Crippen molar-refractivity contribution in [1.29, 1.82) is 0 Å². The number of hydrogen-bond donors (Lipinski definition) is 2. The van der Waals surface area contributed by atoms with Crippen molar-refractivity contribution < 1.29 is 47.7 Å². The first kappa shape index (κ1) is 48.7. The van der Waals surface area contributed by atoms with Gasteiger partial charge in [-0.05, 0) is 89.5 Å². The molecular formula is C60H67N4O9+. The van der Waals surface area contributed by atoms with Crippen molar-refractivity contribution in [1.82, 2.24) is 9.88 Å². The Morgan fingerprint density at radius 3 is 2.42 bits per heavy atom. The number of methoxy groups -OCH3 is 3. The minimum absolute atomic E-state index is 0.0433. The summed E-state index contributed by atoms with van der Waals surface area (Å²) in [6.45, 7) is 9.05. The van der Waals surface area contributed by atoms with Gasteiger partial charge < -0.3 is 38.4 Å². The zero-order valence-corrected chi connectivity index (χ0v) is 43.0. The fraction of sp³-hybridized carbons (Fsp3) is 0.433. The Bertz CT molecular complexity index is 3190. The number of para-hydroxylation sites is 1. The largest absolute Gasteiger partial charge is 0.496 e. The molecule has 73 heavy (non-hydrogen) atoms. The van der Waals surface area contributed by atoms with Crippen LogP contribution in [0.15, 0.2) is 109 Å². The molecule has 1 aromatic heterocycles. The van der Waals surface area contributed by atoms with Crippen molar-refractivity contribution in [3.63, 3.8) is 0 Å². The number of nitrogens with zero attached hydrogens (tertiary/aromatic N) is 3. The van der Waals surface area contributed by atoms with Crippen LogP contribution in [0.4, 0.5) is 5.69 Å². The fourth-order valence-corrected chi connectivity index (χ4v) is 15.5. The number of likely N-dealkylation sites (N-methyl/N-ethyl adjacent to an activating group) is 1. The number of aromatic amines is 1. The van der Waals surface area contributed by atoms with Gasteiger partial charge in [0.15, 0.2) is 6.10 Å². The lowest BCUT2D eigenvalue weighted by Gasteiger charge is -2.63. The highest BCUT2D eigenvalue weighted by Gasteiger charge is 2.80. The third kappa shape index (κ3) is 7.04. The van der Waals surface area contributed by atoms with Crippen LogP contribution in [-0.2, 0) is 50.6 Å². The first-order valence-corrected chi connectivity index (χ1v) is 25.9. The molecule has 1 saturated carbocycles. The molecule has 5 aliphatic heterocycles. The van der Waals surface area contributed by atoms with Gasteiger partial charge >= 0.3 is 17.9 Å². The van der Waals surface area contributed by atoms with Crippen molar-refractivity contribution in [2.45, 2.75) is 87.5 Å². The molecule has 0 radical (unpaired) electrons. The molecule has 2 N–H and O–H groups in total. The van der Waals surface area contributed by atoms with Gasteiger partial charge in [0.2, 0.25) is 11.4 Å². The van der Waals surface area contributed by atoms with E-state index in [1.807, 2.05) is 67.4 Å². The summed E-state index contributed by atoms with van der Waals surface area (Å²) in [5.74, 6) is -1.65. The van der Waals surface area contributed by atoms with Crippen LogP contribution in [-0.4, -0.2) is 135 Å². The number of quaternary nitrogens is 1. The smallest absolute Gasteiger partial charge is 0.344 e. The van der Waals surface area contributed by atoms with Crippen LogP contribution in [0.1, 0.15) is 74.4 Å². The second kappa shape index (κ2) is 17.8. The van der Waals surface area contributed by atoms with Crippen LogP contribution >= 0.6 is 0 Å². The second-order valence-corrected chi connectivity index (χ2v) is 21.7. The highest BCUT2D eigenvalue weighted by molar-refractivity contribution is 5.96. The number of rotatable bonds is 11. The number of ketones is 1. The van der Waals surface area contributed by atoms with E-state index in [1.165, 1.54) is 26.7 Å². The summed E-state index contributed by atoms with van der Waals surface area (Å²) >= 11 is 0. The first-order chi connectivity index (χ1) is 35.2. The average molecular weight is 988 g/mol. The third-order valence-corrected chi connectivity index (χ3v) is 18.2. The summed E-state index contributed by atoms with van der Waals surface area (Å²) in [6, 6.07) is 25.4.